The summed E-state index contributed by atoms with van der Waals surface area (Å²) >= 11 is 9.54. The van der Waals surface area contributed by atoms with E-state index in [0.29, 0.717) is 10.0 Å². The van der Waals surface area contributed by atoms with Gasteiger partial charge in [0.05, 0.1) is 15.9 Å². The summed E-state index contributed by atoms with van der Waals surface area (Å²) in [6, 6.07) is 14.2. The maximum absolute atomic E-state index is 11.0. The number of nitrogens with zero attached hydrogens (tertiary/aromatic N) is 1. The second kappa shape index (κ2) is 5.50. The van der Waals surface area contributed by atoms with Gasteiger partial charge in [0.15, 0.2) is 0 Å². The lowest BCUT2D eigenvalue weighted by Gasteiger charge is -2.10. The molecule has 1 unspecified atom stereocenters. The average Bonchev–Trinajstić information content (AvgIpc) is 2.39. The van der Waals surface area contributed by atoms with Gasteiger partial charge in [0.25, 0.3) is 5.69 Å². The summed E-state index contributed by atoms with van der Waals surface area (Å²) in [5.74, 6) is 0. The fraction of sp³-hybridized carbons (Fsp3) is 0.0769. The summed E-state index contributed by atoms with van der Waals surface area (Å²) < 4.78 is 0.662. The summed E-state index contributed by atoms with van der Waals surface area (Å²) in [5, 5.41) is 10.5. The molecule has 0 aliphatic heterocycles. The van der Waals surface area contributed by atoms with Crippen LogP contribution >= 0.6 is 27.5 Å². The largest absolute Gasteiger partial charge is 0.275 e. The van der Waals surface area contributed by atoms with Gasteiger partial charge >= 0.3 is 0 Å². The molecule has 0 spiro atoms. The van der Waals surface area contributed by atoms with E-state index in [4.69, 9.17) is 11.6 Å². The fourth-order valence-corrected chi connectivity index (χ4v) is 2.37. The first-order valence-corrected chi connectivity index (χ1v) is 6.45. The Morgan fingerprint density at radius 3 is 2.44 bits per heavy atom. The van der Waals surface area contributed by atoms with Crippen molar-refractivity contribution in [1.82, 2.24) is 0 Å². The fourth-order valence-electron chi connectivity index (χ4n) is 1.69. The Kier molecular flexibility index (Phi) is 3.99. The monoisotopic (exact) mass is 325 g/mol. The Balaban J connectivity index is 2.48. The van der Waals surface area contributed by atoms with Gasteiger partial charge in [0.2, 0.25) is 0 Å². The van der Waals surface area contributed by atoms with Crippen molar-refractivity contribution in [2.75, 3.05) is 0 Å². The Bertz CT molecular complexity index is 574. The summed E-state index contributed by atoms with van der Waals surface area (Å²) in [5.41, 5.74) is 1.36. The third-order valence-corrected chi connectivity index (χ3v) is 3.53. The molecule has 2 aromatic carbocycles. The molecule has 0 saturated heterocycles. The van der Waals surface area contributed by atoms with E-state index in [9.17, 15) is 10.1 Å². The second-order valence-corrected chi connectivity index (χ2v) is 5.09. The Hall–Kier alpha value is -1.39. The van der Waals surface area contributed by atoms with Crippen LogP contribution in [0.2, 0.25) is 0 Å². The van der Waals surface area contributed by atoms with Gasteiger partial charge < -0.3 is 0 Å². The molecule has 0 bridgehead atoms. The maximum Gasteiger partial charge on any atom is 0.275 e. The van der Waals surface area contributed by atoms with E-state index in [-0.39, 0.29) is 5.69 Å². The maximum atomic E-state index is 11.0. The molecule has 3 nitrogen and oxygen atoms in total. The van der Waals surface area contributed by atoms with Crippen molar-refractivity contribution >= 4 is 33.2 Å². The summed E-state index contributed by atoms with van der Waals surface area (Å²) in [6.07, 6.45) is 0. The third-order valence-electron chi connectivity index (χ3n) is 2.55. The number of nitro groups is 1. The lowest BCUT2D eigenvalue weighted by atomic mass is 10.0. The van der Waals surface area contributed by atoms with Crippen LogP contribution in [0.4, 0.5) is 5.69 Å². The molecular weight excluding hydrogens is 318 g/mol. The van der Waals surface area contributed by atoms with Crippen molar-refractivity contribution < 1.29 is 4.92 Å². The number of rotatable bonds is 3. The molecule has 2 rings (SSSR count). The first kappa shape index (κ1) is 13.1. The van der Waals surface area contributed by atoms with E-state index in [1.165, 1.54) is 6.07 Å². The molecule has 0 N–H and O–H groups in total. The molecule has 2 aromatic rings. The van der Waals surface area contributed by atoms with Gasteiger partial charge in [-0.3, -0.25) is 10.1 Å². The minimum atomic E-state index is -0.528. The van der Waals surface area contributed by atoms with E-state index in [2.05, 4.69) is 15.9 Å². The van der Waals surface area contributed by atoms with Crippen molar-refractivity contribution in [1.29, 1.82) is 0 Å². The van der Waals surface area contributed by atoms with Gasteiger partial charge in [-0.15, -0.1) is 11.6 Å². The van der Waals surface area contributed by atoms with Crippen LogP contribution in [0.5, 0.6) is 0 Å². The zero-order valence-electron chi connectivity index (χ0n) is 9.22. The first-order valence-electron chi connectivity index (χ1n) is 5.22. The van der Waals surface area contributed by atoms with Gasteiger partial charge in [-0.2, -0.15) is 0 Å². The Morgan fingerprint density at radius 2 is 1.83 bits per heavy atom. The highest BCUT2D eigenvalue weighted by Gasteiger charge is 2.21. The van der Waals surface area contributed by atoms with Crippen molar-refractivity contribution in [2.45, 2.75) is 5.38 Å². The topological polar surface area (TPSA) is 43.1 Å². The number of alkyl halides is 1. The molecule has 1 atom stereocenters. The van der Waals surface area contributed by atoms with Crippen LogP contribution in [-0.2, 0) is 0 Å². The van der Waals surface area contributed by atoms with Crippen LogP contribution in [0, 0.1) is 10.1 Å². The van der Waals surface area contributed by atoms with Gasteiger partial charge in [-0.05, 0) is 17.7 Å². The van der Waals surface area contributed by atoms with E-state index in [1.807, 2.05) is 30.3 Å². The van der Waals surface area contributed by atoms with Crippen molar-refractivity contribution in [2.24, 2.45) is 0 Å². The molecule has 0 saturated carbocycles. The molecule has 18 heavy (non-hydrogen) atoms. The minimum absolute atomic E-state index is 0.0215. The first-order chi connectivity index (χ1) is 8.59. The van der Waals surface area contributed by atoms with Crippen molar-refractivity contribution in [3.63, 3.8) is 0 Å². The van der Waals surface area contributed by atoms with Crippen LogP contribution in [0.15, 0.2) is 53.0 Å². The highest BCUT2D eigenvalue weighted by atomic mass is 79.9. The second-order valence-electron chi connectivity index (χ2n) is 3.73. The molecule has 0 aliphatic rings. The number of hydrogen-bond acceptors (Lipinski definition) is 2. The van der Waals surface area contributed by atoms with Crippen LogP contribution < -0.4 is 0 Å². The van der Waals surface area contributed by atoms with Crippen molar-refractivity contribution in [3.05, 3.63) is 74.2 Å². The molecule has 0 heterocycles. The lowest BCUT2D eigenvalue weighted by molar-refractivity contribution is -0.385. The highest BCUT2D eigenvalue weighted by Crippen LogP contribution is 2.36. The highest BCUT2D eigenvalue weighted by molar-refractivity contribution is 9.10. The summed E-state index contributed by atoms with van der Waals surface area (Å²) in [6.45, 7) is 0. The third kappa shape index (κ3) is 2.71. The Morgan fingerprint density at radius 1 is 1.17 bits per heavy atom. The number of hydrogen-bond donors (Lipinski definition) is 0. The molecule has 0 radical (unpaired) electrons. The summed E-state index contributed by atoms with van der Waals surface area (Å²) in [7, 11) is 0. The van der Waals surface area contributed by atoms with E-state index in [1.54, 1.807) is 12.1 Å². The molecule has 92 valence electrons. The molecule has 0 amide bonds. The van der Waals surface area contributed by atoms with Crippen LogP contribution in [-0.4, -0.2) is 4.92 Å². The number of nitro benzene ring substituents is 1. The van der Waals surface area contributed by atoms with Gasteiger partial charge in [-0.1, -0.05) is 46.3 Å². The molecular formula is C13H9BrClNO2. The molecule has 0 aliphatic carbocycles. The summed E-state index contributed by atoms with van der Waals surface area (Å²) in [4.78, 5) is 10.6. The quantitative estimate of drug-likeness (QED) is 0.467. The number of halogens is 2. The smallest absolute Gasteiger partial charge is 0.258 e. The van der Waals surface area contributed by atoms with Gasteiger partial charge in [-0.25, -0.2) is 0 Å². The number of benzene rings is 2. The minimum Gasteiger partial charge on any atom is -0.258 e. The van der Waals surface area contributed by atoms with E-state index < -0.39 is 10.3 Å². The predicted molar refractivity (Wildman–Crippen MR) is 74.9 cm³/mol. The van der Waals surface area contributed by atoms with Crippen LogP contribution in [0.25, 0.3) is 0 Å². The zero-order valence-corrected chi connectivity index (χ0v) is 11.6. The predicted octanol–water partition coefficient (Wildman–Crippen LogP) is 4.69. The molecule has 0 aromatic heterocycles. The van der Waals surface area contributed by atoms with Gasteiger partial charge in [0.1, 0.15) is 0 Å². The Labute approximate surface area is 118 Å². The van der Waals surface area contributed by atoms with E-state index in [0.717, 1.165) is 5.56 Å². The van der Waals surface area contributed by atoms with E-state index >= 15 is 0 Å². The van der Waals surface area contributed by atoms with Crippen LogP contribution in [0.3, 0.4) is 0 Å². The standard InChI is InChI=1S/C13H9BrClNO2/c14-10-6-7-11(12(8-10)16(17)18)13(15)9-4-2-1-3-5-9/h1-8,13H. The lowest BCUT2D eigenvalue weighted by Crippen LogP contribution is -1.99. The normalized spacial score (nSPS) is 12.1. The zero-order chi connectivity index (χ0) is 13.1. The van der Waals surface area contributed by atoms with Crippen molar-refractivity contribution in [3.8, 4) is 0 Å². The van der Waals surface area contributed by atoms with Crippen LogP contribution in [0.1, 0.15) is 16.5 Å². The SMILES string of the molecule is O=[N+]([O-])c1cc(Br)ccc1C(Cl)c1ccccc1. The van der Waals surface area contributed by atoms with Gasteiger partial charge in [0, 0.05) is 10.5 Å². The molecule has 5 heteroatoms. The average molecular weight is 327 g/mol. The molecule has 0 fully saturated rings.